The second kappa shape index (κ2) is 5.69. The lowest BCUT2D eigenvalue weighted by molar-refractivity contribution is 0.0248. The van der Waals surface area contributed by atoms with E-state index in [0.717, 1.165) is 19.3 Å². The van der Waals surface area contributed by atoms with Gasteiger partial charge in [-0.15, -0.1) is 0 Å². The van der Waals surface area contributed by atoms with Crippen molar-refractivity contribution in [3.05, 3.63) is 6.92 Å². The first-order valence-electron chi connectivity index (χ1n) is 3.84. The number of aliphatic hydroxyl groups is 2. The van der Waals surface area contributed by atoms with Crippen molar-refractivity contribution in [2.45, 2.75) is 44.8 Å². The maximum absolute atomic E-state index is 9.08. The predicted molar refractivity (Wildman–Crippen MR) is 41.5 cm³/mol. The largest absolute Gasteiger partial charge is 0.391 e. The smallest absolute Gasteiger partial charge is 0.0796 e. The highest BCUT2D eigenvalue weighted by atomic mass is 16.3. The van der Waals surface area contributed by atoms with E-state index in [2.05, 4.69) is 6.92 Å². The molecule has 2 N–H and O–H groups in total. The highest BCUT2D eigenvalue weighted by molar-refractivity contribution is 4.61. The molecule has 0 rings (SSSR count). The average Bonchev–Trinajstić information content (AvgIpc) is 1.88. The van der Waals surface area contributed by atoms with Crippen LogP contribution in [-0.4, -0.2) is 22.4 Å². The van der Waals surface area contributed by atoms with Gasteiger partial charge < -0.3 is 10.2 Å². The molecule has 2 nitrogen and oxygen atoms in total. The summed E-state index contributed by atoms with van der Waals surface area (Å²) in [4.78, 5) is 0. The van der Waals surface area contributed by atoms with Crippen LogP contribution in [0.4, 0.5) is 0 Å². The van der Waals surface area contributed by atoms with E-state index in [9.17, 15) is 0 Å². The molecule has 61 valence electrons. The molecule has 0 fully saturated rings. The summed E-state index contributed by atoms with van der Waals surface area (Å²) in [5.74, 6) is 0. The minimum Gasteiger partial charge on any atom is -0.391 e. The van der Waals surface area contributed by atoms with Crippen molar-refractivity contribution in [1.29, 1.82) is 0 Å². The average molecular weight is 145 g/mol. The predicted octanol–water partition coefficient (Wildman–Crippen LogP) is 1.12. The van der Waals surface area contributed by atoms with Gasteiger partial charge in [0, 0.05) is 0 Å². The van der Waals surface area contributed by atoms with Gasteiger partial charge in [-0.3, -0.25) is 0 Å². The summed E-state index contributed by atoms with van der Waals surface area (Å²) < 4.78 is 0. The van der Waals surface area contributed by atoms with Crippen molar-refractivity contribution in [2.24, 2.45) is 0 Å². The van der Waals surface area contributed by atoms with Crippen LogP contribution in [0.15, 0.2) is 0 Å². The number of aliphatic hydroxyl groups excluding tert-OH is 2. The molecule has 10 heavy (non-hydrogen) atoms. The monoisotopic (exact) mass is 145 g/mol. The van der Waals surface area contributed by atoms with Crippen LogP contribution in [0.1, 0.15) is 32.6 Å². The van der Waals surface area contributed by atoms with Gasteiger partial charge in [0.25, 0.3) is 0 Å². The Labute approximate surface area is 62.9 Å². The van der Waals surface area contributed by atoms with Crippen LogP contribution in [0.3, 0.4) is 0 Å². The standard InChI is InChI=1S/C8H17O2/c1-3-4-5-6-8(10)7(2)9/h7-10H,1,3-6H2,2H3. The Hall–Kier alpha value is -0.0800. The van der Waals surface area contributed by atoms with Crippen LogP contribution >= 0.6 is 0 Å². The summed E-state index contributed by atoms with van der Waals surface area (Å²) in [7, 11) is 0. The molecule has 2 unspecified atom stereocenters. The fraction of sp³-hybridized carbons (Fsp3) is 0.875. The first-order valence-corrected chi connectivity index (χ1v) is 3.84. The summed E-state index contributed by atoms with van der Waals surface area (Å²) in [5.41, 5.74) is 0. The minimum atomic E-state index is -0.593. The lowest BCUT2D eigenvalue weighted by atomic mass is 10.1. The van der Waals surface area contributed by atoms with E-state index in [1.807, 2.05) is 0 Å². The SMILES string of the molecule is [CH2]CCCCC(O)C(C)O. The number of rotatable bonds is 5. The third kappa shape index (κ3) is 4.77. The lowest BCUT2D eigenvalue weighted by Gasteiger charge is -2.12. The van der Waals surface area contributed by atoms with E-state index in [1.165, 1.54) is 0 Å². The molecule has 2 atom stereocenters. The minimum absolute atomic E-state index is 0.549. The zero-order chi connectivity index (χ0) is 7.98. The zero-order valence-corrected chi connectivity index (χ0v) is 6.58. The van der Waals surface area contributed by atoms with Gasteiger partial charge in [0.15, 0.2) is 0 Å². The molecule has 0 spiro atoms. The first-order chi connectivity index (χ1) is 4.68. The number of hydrogen-bond donors (Lipinski definition) is 2. The van der Waals surface area contributed by atoms with E-state index in [0.29, 0.717) is 6.42 Å². The zero-order valence-electron chi connectivity index (χ0n) is 6.58. The molecule has 0 amide bonds. The summed E-state index contributed by atoms with van der Waals surface area (Å²) in [5, 5.41) is 17.9. The van der Waals surface area contributed by atoms with E-state index in [-0.39, 0.29) is 0 Å². The van der Waals surface area contributed by atoms with Gasteiger partial charge in [-0.25, -0.2) is 0 Å². The molecule has 0 aliphatic heterocycles. The van der Waals surface area contributed by atoms with Crippen LogP contribution in [0, 0.1) is 6.92 Å². The molecule has 2 heteroatoms. The molecular weight excluding hydrogens is 128 g/mol. The van der Waals surface area contributed by atoms with Crippen LogP contribution in [0.2, 0.25) is 0 Å². The third-order valence-corrected chi connectivity index (χ3v) is 1.56. The maximum Gasteiger partial charge on any atom is 0.0796 e. The van der Waals surface area contributed by atoms with Crippen molar-refractivity contribution in [2.75, 3.05) is 0 Å². The Balaban J connectivity index is 3.13. The van der Waals surface area contributed by atoms with Gasteiger partial charge in [0.05, 0.1) is 12.2 Å². The third-order valence-electron chi connectivity index (χ3n) is 1.56. The fourth-order valence-electron chi connectivity index (χ4n) is 0.771. The molecule has 0 aromatic heterocycles. The van der Waals surface area contributed by atoms with Crippen LogP contribution in [0.25, 0.3) is 0 Å². The molecular formula is C8H17O2. The molecule has 0 aromatic carbocycles. The Bertz CT molecular complexity index is 71.7. The molecule has 0 saturated heterocycles. The summed E-state index contributed by atoms with van der Waals surface area (Å²) in [6.07, 6.45) is 2.44. The molecule has 1 radical (unpaired) electrons. The Morgan fingerprint density at radius 3 is 2.30 bits per heavy atom. The molecule has 0 aliphatic rings. The second-order valence-electron chi connectivity index (χ2n) is 2.66. The summed E-state index contributed by atoms with van der Waals surface area (Å²) >= 11 is 0. The van der Waals surface area contributed by atoms with Crippen molar-refractivity contribution in [1.82, 2.24) is 0 Å². The van der Waals surface area contributed by atoms with E-state index in [1.54, 1.807) is 6.92 Å². The second-order valence-corrected chi connectivity index (χ2v) is 2.66. The Morgan fingerprint density at radius 1 is 1.30 bits per heavy atom. The highest BCUT2D eigenvalue weighted by Crippen LogP contribution is 2.05. The lowest BCUT2D eigenvalue weighted by Crippen LogP contribution is -2.21. The molecule has 0 heterocycles. The highest BCUT2D eigenvalue weighted by Gasteiger charge is 2.08. The Morgan fingerprint density at radius 2 is 1.90 bits per heavy atom. The van der Waals surface area contributed by atoms with Gasteiger partial charge in [0.2, 0.25) is 0 Å². The normalized spacial score (nSPS) is 16.8. The van der Waals surface area contributed by atoms with Crippen molar-refractivity contribution >= 4 is 0 Å². The molecule has 0 bridgehead atoms. The molecule has 0 saturated carbocycles. The van der Waals surface area contributed by atoms with Crippen LogP contribution in [0.5, 0.6) is 0 Å². The van der Waals surface area contributed by atoms with Gasteiger partial charge >= 0.3 is 0 Å². The molecule has 0 aromatic rings. The van der Waals surface area contributed by atoms with Crippen LogP contribution < -0.4 is 0 Å². The van der Waals surface area contributed by atoms with E-state index in [4.69, 9.17) is 10.2 Å². The topological polar surface area (TPSA) is 40.5 Å². The van der Waals surface area contributed by atoms with Crippen molar-refractivity contribution < 1.29 is 10.2 Å². The summed E-state index contributed by atoms with van der Waals surface area (Å²) in [6, 6.07) is 0. The van der Waals surface area contributed by atoms with Gasteiger partial charge in [-0.1, -0.05) is 26.2 Å². The van der Waals surface area contributed by atoms with E-state index < -0.39 is 12.2 Å². The number of hydrogen-bond acceptors (Lipinski definition) is 2. The van der Waals surface area contributed by atoms with Gasteiger partial charge in [-0.05, 0) is 13.3 Å². The van der Waals surface area contributed by atoms with Gasteiger partial charge in [-0.2, -0.15) is 0 Å². The van der Waals surface area contributed by atoms with Crippen LogP contribution in [-0.2, 0) is 0 Å². The molecule has 0 aliphatic carbocycles. The quantitative estimate of drug-likeness (QED) is 0.569. The van der Waals surface area contributed by atoms with E-state index >= 15 is 0 Å². The summed E-state index contributed by atoms with van der Waals surface area (Å²) in [6.45, 7) is 5.29. The maximum atomic E-state index is 9.08. The first kappa shape index (κ1) is 9.92. The number of unbranched alkanes of at least 4 members (excludes halogenated alkanes) is 2. The van der Waals surface area contributed by atoms with Crippen molar-refractivity contribution in [3.63, 3.8) is 0 Å². The van der Waals surface area contributed by atoms with Crippen molar-refractivity contribution in [3.8, 4) is 0 Å². The fourth-order valence-corrected chi connectivity index (χ4v) is 0.771. The Kier molecular flexibility index (Phi) is 5.64. The van der Waals surface area contributed by atoms with Gasteiger partial charge in [0.1, 0.15) is 0 Å².